The average Bonchev–Trinajstić information content (AvgIpc) is 3.43. The van der Waals surface area contributed by atoms with Gasteiger partial charge in [0.05, 0.1) is 6.04 Å². The highest BCUT2D eigenvalue weighted by Crippen LogP contribution is 2.27. The standard InChI is InChI=1S/C27H47N7O7S2/c1-17(25(39)34-14-8-10-21(34)26(40)41)15-42-43-16-20(24(28)38)33-23(37)12-6-4-3-5-11-22(36)19(32-18(2)35)9-7-13-31-27(29)30/h17,19-21H,3-16H2,1-2H3,(H2,28,38)(H,32,35)(H,33,37)(H,40,41)(H4,29,30,31)/t17-,19+,20+,21+/m1/s1. The topological polar surface area (TPSA) is 240 Å². The number of amides is 4. The molecule has 4 atom stereocenters. The van der Waals surface area contributed by atoms with Gasteiger partial charge < -0.3 is 37.8 Å². The van der Waals surface area contributed by atoms with Gasteiger partial charge >= 0.3 is 5.97 Å². The lowest BCUT2D eigenvalue weighted by atomic mass is 10.0. The number of carbonyl (C=O) groups excluding carboxylic acids is 5. The van der Waals surface area contributed by atoms with Gasteiger partial charge in [-0.05, 0) is 38.5 Å². The number of unbranched alkanes of at least 4 members (excludes halogenated alkanes) is 3. The number of likely N-dealkylation sites (tertiary alicyclic amines) is 1. The monoisotopic (exact) mass is 645 g/mol. The summed E-state index contributed by atoms with van der Waals surface area (Å²) in [6.07, 6.45) is 5.28. The lowest BCUT2D eigenvalue weighted by Gasteiger charge is -2.24. The van der Waals surface area contributed by atoms with Crippen LogP contribution in [0.25, 0.3) is 0 Å². The fourth-order valence-corrected chi connectivity index (χ4v) is 7.07. The molecule has 0 aromatic rings. The number of carboxylic acids is 1. The number of Topliss-reactive ketones (excluding diaryl/α,β-unsaturated/α-hetero) is 1. The van der Waals surface area contributed by atoms with Crippen molar-refractivity contribution in [1.82, 2.24) is 15.5 Å². The fourth-order valence-electron chi connectivity index (χ4n) is 4.54. The molecular formula is C27H47N7O7S2. The maximum atomic E-state index is 12.6. The van der Waals surface area contributed by atoms with Crippen molar-refractivity contribution in [3.8, 4) is 0 Å². The third kappa shape index (κ3) is 15.9. The number of nitrogens with zero attached hydrogens (tertiary/aromatic N) is 2. The number of hydrogen-bond acceptors (Lipinski definition) is 9. The minimum atomic E-state index is -0.990. The molecule has 16 heteroatoms. The minimum absolute atomic E-state index is 0.0222. The summed E-state index contributed by atoms with van der Waals surface area (Å²) in [7, 11) is 2.68. The van der Waals surface area contributed by atoms with Crippen LogP contribution < -0.4 is 27.8 Å². The van der Waals surface area contributed by atoms with Gasteiger partial charge in [0.15, 0.2) is 11.7 Å². The van der Waals surface area contributed by atoms with E-state index >= 15 is 0 Å². The Morgan fingerprint density at radius 3 is 2.19 bits per heavy atom. The zero-order valence-electron chi connectivity index (χ0n) is 25.0. The smallest absolute Gasteiger partial charge is 0.326 e. The number of aliphatic imine (C=N–C) groups is 1. The maximum absolute atomic E-state index is 12.6. The maximum Gasteiger partial charge on any atom is 0.326 e. The molecule has 0 unspecified atom stereocenters. The van der Waals surface area contributed by atoms with Gasteiger partial charge in [-0.25, -0.2) is 4.79 Å². The highest BCUT2D eigenvalue weighted by molar-refractivity contribution is 8.76. The zero-order chi connectivity index (χ0) is 32.4. The zero-order valence-corrected chi connectivity index (χ0v) is 26.7. The number of rotatable bonds is 22. The molecule has 0 aromatic carbocycles. The molecule has 1 saturated heterocycles. The molecule has 14 nitrogen and oxygen atoms in total. The molecule has 4 amide bonds. The van der Waals surface area contributed by atoms with Crippen LogP contribution in [-0.2, 0) is 28.8 Å². The number of ketones is 1. The van der Waals surface area contributed by atoms with Crippen molar-refractivity contribution in [3.05, 3.63) is 0 Å². The molecule has 0 saturated carbocycles. The van der Waals surface area contributed by atoms with Crippen LogP contribution in [0.3, 0.4) is 0 Å². The highest BCUT2D eigenvalue weighted by Gasteiger charge is 2.35. The molecule has 43 heavy (non-hydrogen) atoms. The molecule has 1 aliphatic rings. The van der Waals surface area contributed by atoms with E-state index in [9.17, 15) is 33.9 Å². The summed E-state index contributed by atoms with van der Waals surface area (Å²) in [5, 5.41) is 14.6. The minimum Gasteiger partial charge on any atom is -0.480 e. The van der Waals surface area contributed by atoms with Gasteiger partial charge in [-0.3, -0.25) is 29.0 Å². The number of carbonyl (C=O) groups is 6. The van der Waals surface area contributed by atoms with Crippen molar-refractivity contribution < 1.29 is 33.9 Å². The van der Waals surface area contributed by atoms with Crippen LogP contribution in [0.15, 0.2) is 4.99 Å². The third-order valence-electron chi connectivity index (χ3n) is 6.85. The van der Waals surface area contributed by atoms with Crippen LogP contribution in [0.2, 0.25) is 0 Å². The molecule has 1 fully saturated rings. The number of hydrogen-bond donors (Lipinski definition) is 6. The number of primary amides is 1. The van der Waals surface area contributed by atoms with Crippen molar-refractivity contribution in [2.75, 3.05) is 24.6 Å². The Hall–Kier alpha value is -3.01. The SMILES string of the molecule is CC(=O)N[C@@H](CCCN=C(N)N)C(=O)CCCCCCC(=O)N[C@@H](CSSC[C@@H](C)C(=O)N1CCC[C@H]1C(=O)O)C(N)=O. The number of nitrogens with one attached hydrogen (secondary N) is 2. The van der Waals surface area contributed by atoms with Crippen LogP contribution in [0.1, 0.15) is 78.1 Å². The van der Waals surface area contributed by atoms with Crippen molar-refractivity contribution in [2.45, 2.75) is 96.2 Å². The molecule has 0 aromatic heterocycles. The molecule has 244 valence electrons. The Morgan fingerprint density at radius 2 is 1.58 bits per heavy atom. The molecule has 1 heterocycles. The third-order valence-corrected chi connectivity index (χ3v) is 9.43. The first kappa shape index (κ1) is 38.0. The van der Waals surface area contributed by atoms with E-state index in [1.807, 2.05) is 0 Å². The number of guanidine groups is 1. The van der Waals surface area contributed by atoms with Crippen molar-refractivity contribution in [2.24, 2.45) is 28.1 Å². The van der Waals surface area contributed by atoms with E-state index in [1.165, 1.54) is 33.4 Å². The van der Waals surface area contributed by atoms with Crippen molar-refractivity contribution in [3.63, 3.8) is 0 Å². The molecule has 0 bridgehead atoms. The summed E-state index contributed by atoms with van der Waals surface area (Å²) in [4.78, 5) is 77.5. The van der Waals surface area contributed by atoms with Gasteiger partial charge in [0.2, 0.25) is 23.6 Å². The second-order valence-corrected chi connectivity index (χ2v) is 13.2. The van der Waals surface area contributed by atoms with Crippen LogP contribution in [0, 0.1) is 5.92 Å². The quantitative estimate of drug-likeness (QED) is 0.0410. The van der Waals surface area contributed by atoms with Gasteiger partial charge in [-0.1, -0.05) is 41.4 Å². The Kier molecular flexibility index (Phi) is 18.4. The number of aliphatic carboxylic acids is 1. The van der Waals surface area contributed by atoms with Crippen LogP contribution in [0.5, 0.6) is 0 Å². The van der Waals surface area contributed by atoms with Crippen LogP contribution >= 0.6 is 21.6 Å². The molecule has 9 N–H and O–H groups in total. The Labute approximate surface area is 260 Å². The Bertz CT molecular complexity index is 995. The first-order valence-corrected chi connectivity index (χ1v) is 17.0. The Morgan fingerprint density at radius 1 is 0.930 bits per heavy atom. The normalized spacial score (nSPS) is 16.5. The van der Waals surface area contributed by atoms with E-state index in [1.54, 1.807) is 6.92 Å². The van der Waals surface area contributed by atoms with E-state index in [-0.39, 0.29) is 47.6 Å². The van der Waals surface area contributed by atoms with Crippen molar-refractivity contribution >= 4 is 62.9 Å². The average molecular weight is 646 g/mol. The molecule has 0 spiro atoms. The van der Waals surface area contributed by atoms with Gasteiger partial charge in [0.25, 0.3) is 0 Å². The first-order chi connectivity index (χ1) is 20.3. The second kappa shape index (κ2) is 20.8. The Balaban J connectivity index is 2.29. The van der Waals surface area contributed by atoms with Gasteiger partial charge in [-0.15, -0.1) is 0 Å². The summed E-state index contributed by atoms with van der Waals surface area (Å²) >= 11 is 0. The second-order valence-electron chi connectivity index (χ2n) is 10.6. The van der Waals surface area contributed by atoms with Gasteiger partial charge in [0, 0.05) is 50.3 Å². The van der Waals surface area contributed by atoms with Crippen molar-refractivity contribution in [1.29, 1.82) is 0 Å². The van der Waals surface area contributed by atoms with E-state index in [2.05, 4.69) is 15.6 Å². The van der Waals surface area contributed by atoms with E-state index in [4.69, 9.17) is 17.2 Å². The predicted molar refractivity (Wildman–Crippen MR) is 168 cm³/mol. The van der Waals surface area contributed by atoms with E-state index in [0.717, 1.165) is 6.42 Å². The van der Waals surface area contributed by atoms with E-state index < -0.39 is 30.0 Å². The summed E-state index contributed by atoms with van der Waals surface area (Å²) in [5.41, 5.74) is 16.1. The molecular weight excluding hydrogens is 598 g/mol. The summed E-state index contributed by atoms with van der Waals surface area (Å²) in [6.45, 7) is 3.92. The largest absolute Gasteiger partial charge is 0.480 e. The van der Waals surface area contributed by atoms with Crippen LogP contribution in [0.4, 0.5) is 0 Å². The van der Waals surface area contributed by atoms with E-state index in [0.29, 0.717) is 70.2 Å². The lowest BCUT2D eigenvalue weighted by molar-refractivity contribution is -0.149. The van der Waals surface area contributed by atoms with Crippen LogP contribution in [-0.4, -0.2) is 94.1 Å². The summed E-state index contributed by atoms with van der Waals surface area (Å²) in [5.74, 6) is -2.23. The first-order valence-electron chi connectivity index (χ1n) is 14.5. The summed E-state index contributed by atoms with van der Waals surface area (Å²) in [6, 6.07) is -2.22. The molecule has 1 aliphatic heterocycles. The fraction of sp³-hybridized carbons (Fsp3) is 0.741. The van der Waals surface area contributed by atoms with Gasteiger partial charge in [0.1, 0.15) is 12.1 Å². The van der Waals surface area contributed by atoms with Gasteiger partial charge in [-0.2, -0.15) is 0 Å². The predicted octanol–water partition coefficient (Wildman–Crippen LogP) is 0.518. The molecule has 0 radical (unpaired) electrons. The number of carboxylic acid groups (broad SMARTS) is 1. The molecule has 0 aliphatic carbocycles. The highest BCUT2D eigenvalue weighted by atomic mass is 33.1. The molecule has 1 rings (SSSR count). The lowest BCUT2D eigenvalue weighted by Crippen LogP contribution is -2.46. The number of nitrogens with two attached hydrogens (primary N) is 3. The summed E-state index contributed by atoms with van der Waals surface area (Å²) < 4.78 is 0.